The number of rotatable bonds is 1. The summed E-state index contributed by atoms with van der Waals surface area (Å²) in [4.78, 5) is 0. The Labute approximate surface area is 96.7 Å². The van der Waals surface area contributed by atoms with Crippen molar-refractivity contribution >= 4 is 0 Å². The van der Waals surface area contributed by atoms with Crippen LogP contribution in [0.1, 0.15) is 11.9 Å². The molecule has 0 saturated heterocycles. The van der Waals surface area contributed by atoms with Crippen molar-refractivity contribution in [3.05, 3.63) is 35.6 Å². The van der Waals surface area contributed by atoms with Crippen LogP contribution in [0.2, 0.25) is 0 Å². The Morgan fingerprint density at radius 2 is 2.00 bits per heavy atom. The summed E-state index contributed by atoms with van der Waals surface area (Å²) in [5.41, 5.74) is 3.57. The number of nitrogens with two attached hydrogens (primary N) is 1. The fraction of sp³-hybridized carbons (Fsp3) is 0.182. The lowest BCUT2D eigenvalue weighted by Crippen LogP contribution is -2.23. The van der Waals surface area contributed by atoms with Crippen molar-refractivity contribution < 1.29 is 9.15 Å². The third-order valence-electron chi connectivity index (χ3n) is 2.54. The van der Waals surface area contributed by atoms with Gasteiger partial charge >= 0.3 is 0 Å². The Kier molecular flexibility index (Phi) is 2.24. The Bertz CT molecular complexity index is 581. The van der Waals surface area contributed by atoms with Crippen LogP contribution in [0.3, 0.4) is 0 Å². The first-order chi connectivity index (χ1) is 8.19. The van der Waals surface area contributed by atoms with Crippen molar-refractivity contribution in [2.75, 3.05) is 0 Å². The van der Waals surface area contributed by atoms with Gasteiger partial charge in [-0.25, -0.2) is 0 Å². The predicted molar refractivity (Wildman–Crippen MR) is 53.0 cm³/mol. The van der Waals surface area contributed by atoms with E-state index in [4.69, 9.17) is 20.1 Å². The van der Waals surface area contributed by atoms with Crippen LogP contribution in [0, 0.1) is 39.4 Å². The number of furan rings is 1. The molecule has 0 fully saturated rings. The highest BCUT2D eigenvalue weighted by Gasteiger charge is 2.54. The normalized spacial score (nSPS) is 21.1. The van der Waals surface area contributed by atoms with E-state index in [0.29, 0.717) is 0 Å². The van der Waals surface area contributed by atoms with Gasteiger partial charge in [-0.3, -0.25) is 0 Å². The maximum atomic E-state index is 9.17. The minimum absolute atomic E-state index is 0.177. The van der Waals surface area contributed by atoms with Crippen LogP contribution in [-0.2, 0) is 4.74 Å². The molecule has 6 heteroatoms. The summed E-state index contributed by atoms with van der Waals surface area (Å²) in [5, 5.41) is 27.3. The Morgan fingerprint density at radius 1 is 1.29 bits per heavy atom. The molecule has 0 saturated carbocycles. The molecular weight excluding hydrogens is 220 g/mol. The fourth-order valence-electron chi connectivity index (χ4n) is 1.71. The fourth-order valence-corrected chi connectivity index (χ4v) is 1.71. The highest BCUT2D eigenvalue weighted by atomic mass is 16.5. The molecule has 0 bridgehead atoms. The molecule has 0 aliphatic carbocycles. The molecule has 1 atom stereocenters. The first-order valence-corrected chi connectivity index (χ1v) is 4.62. The van der Waals surface area contributed by atoms with Gasteiger partial charge in [-0.15, -0.1) is 0 Å². The molecule has 0 radical (unpaired) electrons. The molecule has 1 aliphatic rings. The molecule has 17 heavy (non-hydrogen) atoms. The minimum Gasteiger partial charge on any atom is -0.465 e. The third-order valence-corrected chi connectivity index (χ3v) is 2.54. The summed E-state index contributed by atoms with van der Waals surface area (Å²) in [6, 6.07) is 8.48. The lowest BCUT2D eigenvalue weighted by atomic mass is 9.79. The molecule has 1 aromatic rings. The van der Waals surface area contributed by atoms with Gasteiger partial charge < -0.3 is 14.9 Å². The molecule has 1 unspecified atom stereocenters. The van der Waals surface area contributed by atoms with Crippen LogP contribution in [-0.4, -0.2) is 0 Å². The van der Waals surface area contributed by atoms with E-state index in [0.717, 1.165) is 0 Å². The second kappa shape index (κ2) is 3.59. The van der Waals surface area contributed by atoms with E-state index >= 15 is 0 Å². The van der Waals surface area contributed by atoms with E-state index in [2.05, 4.69) is 0 Å². The maximum Gasteiger partial charge on any atom is 0.227 e. The molecule has 0 aromatic carbocycles. The summed E-state index contributed by atoms with van der Waals surface area (Å²) in [7, 11) is 0. The molecule has 0 amide bonds. The zero-order chi connectivity index (χ0) is 12.5. The molecule has 2 rings (SSSR count). The van der Waals surface area contributed by atoms with Gasteiger partial charge in [0.15, 0.2) is 6.10 Å². The van der Waals surface area contributed by atoms with Crippen molar-refractivity contribution in [3.63, 3.8) is 0 Å². The smallest absolute Gasteiger partial charge is 0.227 e. The van der Waals surface area contributed by atoms with Crippen LogP contribution in [0.15, 0.2) is 34.3 Å². The SMILES string of the molecule is N#CC1=C(N)OC(c2ccco2)C1(C#N)C#N. The van der Waals surface area contributed by atoms with E-state index in [-0.39, 0.29) is 17.2 Å². The van der Waals surface area contributed by atoms with Crippen molar-refractivity contribution in [2.24, 2.45) is 11.1 Å². The van der Waals surface area contributed by atoms with Gasteiger partial charge in [-0.1, -0.05) is 0 Å². The second-order valence-corrected chi connectivity index (χ2v) is 3.40. The van der Waals surface area contributed by atoms with E-state index < -0.39 is 11.5 Å². The Morgan fingerprint density at radius 3 is 2.47 bits per heavy atom. The van der Waals surface area contributed by atoms with Crippen molar-refractivity contribution in [1.29, 1.82) is 15.8 Å². The molecule has 1 aromatic heterocycles. The van der Waals surface area contributed by atoms with Crippen LogP contribution in [0.5, 0.6) is 0 Å². The van der Waals surface area contributed by atoms with Crippen LogP contribution >= 0.6 is 0 Å². The van der Waals surface area contributed by atoms with Gasteiger partial charge in [0, 0.05) is 0 Å². The number of hydrogen-bond acceptors (Lipinski definition) is 6. The van der Waals surface area contributed by atoms with E-state index in [1.54, 1.807) is 30.3 Å². The second-order valence-electron chi connectivity index (χ2n) is 3.40. The lowest BCUT2D eigenvalue weighted by molar-refractivity contribution is 0.0843. The molecule has 0 spiro atoms. The Hall–Kier alpha value is -2.91. The van der Waals surface area contributed by atoms with Gasteiger partial charge in [0.1, 0.15) is 17.4 Å². The quantitative estimate of drug-likeness (QED) is 0.764. The molecular formula is C11H6N4O2. The molecule has 2 heterocycles. The summed E-state index contributed by atoms with van der Waals surface area (Å²) in [5.74, 6) is 0.0679. The van der Waals surface area contributed by atoms with E-state index in [9.17, 15) is 10.5 Å². The number of ether oxygens (including phenoxy) is 1. The van der Waals surface area contributed by atoms with Gasteiger partial charge in [0.05, 0.1) is 18.4 Å². The van der Waals surface area contributed by atoms with Crippen LogP contribution in [0.4, 0.5) is 0 Å². The molecule has 2 N–H and O–H groups in total. The van der Waals surface area contributed by atoms with Crippen LogP contribution in [0.25, 0.3) is 0 Å². The zero-order valence-electron chi connectivity index (χ0n) is 8.54. The van der Waals surface area contributed by atoms with Gasteiger partial charge in [0.25, 0.3) is 0 Å². The molecule has 6 nitrogen and oxygen atoms in total. The molecule has 82 valence electrons. The topological polar surface area (TPSA) is 120 Å². The Balaban J connectivity index is 2.59. The third kappa shape index (κ3) is 1.24. The lowest BCUT2D eigenvalue weighted by Gasteiger charge is -2.18. The first kappa shape index (κ1) is 10.6. The number of hydrogen-bond donors (Lipinski definition) is 1. The summed E-state index contributed by atoms with van der Waals surface area (Å²) >= 11 is 0. The zero-order valence-corrected chi connectivity index (χ0v) is 8.54. The van der Waals surface area contributed by atoms with E-state index in [1.807, 2.05) is 0 Å². The van der Waals surface area contributed by atoms with Crippen molar-refractivity contribution in [3.8, 4) is 18.2 Å². The van der Waals surface area contributed by atoms with Gasteiger partial charge in [-0.05, 0) is 12.1 Å². The van der Waals surface area contributed by atoms with Crippen LogP contribution < -0.4 is 5.73 Å². The van der Waals surface area contributed by atoms with Crippen molar-refractivity contribution in [1.82, 2.24) is 0 Å². The van der Waals surface area contributed by atoms with Gasteiger partial charge in [0.2, 0.25) is 11.3 Å². The van der Waals surface area contributed by atoms with Gasteiger partial charge in [-0.2, -0.15) is 15.8 Å². The maximum absolute atomic E-state index is 9.17. The monoisotopic (exact) mass is 226 g/mol. The first-order valence-electron chi connectivity index (χ1n) is 4.62. The minimum atomic E-state index is -1.75. The highest BCUT2D eigenvalue weighted by molar-refractivity contribution is 5.49. The molecule has 1 aliphatic heterocycles. The summed E-state index contributed by atoms with van der Waals surface area (Å²) < 4.78 is 10.3. The highest BCUT2D eigenvalue weighted by Crippen LogP contribution is 2.48. The largest absolute Gasteiger partial charge is 0.465 e. The summed E-state index contributed by atoms with van der Waals surface area (Å²) in [6.45, 7) is 0. The van der Waals surface area contributed by atoms with E-state index in [1.165, 1.54) is 6.26 Å². The average Bonchev–Trinajstić information content (AvgIpc) is 2.94. The van der Waals surface area contributed by atoms with Crippen molar-refractivity contribution in [2.45, 2.75) is 6.10 Å². The average molecular weight is 226 g/mol. The standard InChI is InChI=1S/C11H6N4O2/c12-4-7-10(15)17-9(8-2-1-3-16-8)11(7,5-13)6-14/h1-3,9H,15H2. The summed E-state index contributed by atoms with van der Waals surface area (Å²) in [6.07, 6.45) is 0.376. The number of nitriles is 3. The number of nitrogens with zero attached hydrogens (tertiary/aromatic N) is 3. The predicted octanol–water partition coefficient (Wildman–Crippen LogP) is 1.08.